The molecule has 2 aliphatic rings. The molecule has 132 valence electrons. The molecule has 0 bridgehead atoms. The molecule has 0 saturated heterocycles. The summed E-state index contributed by atoms with van der Waals surface area (Å²) in [5, 5.41) is 4.65. The van der Waals surface area contributed by atoms with Crippen molar-refractivity contribution in [3.05, 3.63) is 17.0 Å². The molecule has 3 heterocycles. The Balaban J connectivity index is 1.93. The third-order valence-electron chi connectivity index (χ3n) is 4.52. The van der Waals surface area contributed by atoms with E-state index < -0.39 is 5.60 Å². The molecule has 3 rings (SSSR count). The first-order valence-corrected chi connectivity index (χ1v) is 8.51. The van der Waals surface area contributed by atoms with Gasteiger partial charge in [-0.05, 0) is 34.1 Å². The van der Waals surface area contributed by atoms with E-state index in [0.717, 1.165) is 30.8 Å². The average molecular weight is 334 g/mol. The Bertz CT molecular complexity index is 674. The van der Waals surface area contributed by atoms with Gasteiger partial charge in [0.2, 0.25) is 0 Å². The second-order valence-corrected chi connectivity index (χ2v) is 7.74. The molecule has 7 heteroatoms. The molecule has 0 aromatic carbocycles. The Morgan fingerprint density at radius 1 is 1.29 bits per heavy atom. The number of fused-ring (bicyclic) bond motifs is 3. The molecule has 7 nitrogen and oxygen atoms in total. The first-order valence-electron chi connectivity index (χ1n) is 8.51. The van der Waals surface area contributed by atoms with Gasteiger partial charge < -0.3 is 14.5 Å². The van der Waals surface area contributed by atoms with Crippen LogP contribution in [0.5, 0.6) is 0 Å². The molecule has 24 heavy (non-hydrogen) atoms. The van der Waals surface area contributed by atoms with Crippen molar-refractivity contribution in [3.8, 4) is 0 Å². The molecule has 0 saturated carbocycles. The van der Waals surface area contributed by atoms with E-state index in [4.69, 9.17) is 4.74 Å². The quantitative estimate of drug-likeness (QED) is 0.728. The fourth-order valence-electron chi connectivity index (χ4n) is 3.30. The molecule has 1 aromatic heterocycles. The summed E-state index contributed by atoms with van der Waals surface area (Å²) in [5.74, 6) is -0.0139. The smallest absolute Gasteiger partial charge is 0.410 e. The summed E-state index contributed by atoms with van der Waals surface area (Å²) in [4.78, 5) is 28.6. The Morgan fingerprint density at radius 2 is 2.00 bits per heavy atom. The number of hydrogen-bond donors (Lipinski definition) is 0. The zero-order chi connectivity index (χ0) is 17.6. The number of hydrogen-bond acceptors (Lipinski definition) is 4. The molecule has 1 aromatic rings. The molecular weight excluding hydrogens is 308 g/mol. The van der Waals surface area contributed by atoms with Crippen molar-refractivity contribution in [3.63, 3.8) is 0 Å². The molecule has 2 amide bonds. The summed E-state index contributed by atoms with van der Waals surface area (Å²) in [6, 6.07) is -0.000628. The number of amides is 2. The largest absolute Gasteiger partial charge is 0.444 e. The molecule has 0 unspecified atom stereocenters. The first kappa shape index (κ1) is 16.8. The highest BCUT2D eigenvalue weighted by molar-refractivity contribution is 5.94. The van der Waals surface area contributed by atoms with E-state index in [2.05, 4.69) is 5.10 Å². The van der Waals surface area contributed by atoms with Gasteiger partial charge >= 0.3 is 6.09 Å². The van der Waals surface area contributed by atoms with Crippen LogP contribution in [0.4, 0.5) is 4.79 Å². The average Bonchev–Trinajstić information content (AvgIpc) is 2.73. The van der Waals surface area contributed by atoms with E-state index in [-0.39, 0.29) is 18.0 Å². The number of nitrogens with zero attached hydrogens (tertiary/aromatic N) is 4. The highest BCUT2D eigenvalue weighted by Crippen LogP contribution is 2.29. The van der Waals surface area contributed by atoms with Crippen LogP contribution in [0.2, 0.25) is 0 Å². The summed E-state index contributed by atoms with van der Waals surface area (Å²) in [7, 11) is 1.81. The van der Waals surface area contributed by atoms with Crippen LogP contribution < -0.4 is 0 Å². The van der Waals surface area contributed by atoms with Crippen molar-refractivity contribution in [1.82, 2.24) is 19.6 Å². The van der Waals surface area contributed by atoms with Crippen molar-refractivity contribution in [1.29, 1.82) is 0 Å². The molecule has 0 spiro atoms. The van der Waals surface area contributed by atoms with Crippen molar-refractivity contribution >= 4 is 12.0 Å². The standard InChI is InChI=1S/C17H26N4O3/c1-11-9-13-12(10-20(11)16(23)24-17(2,3)4)14-15(22)19(5)7-6-8-21(14)18-13/h11H,6-10H2,1-5H3/t11-/m1/s1. The van der Waals surface area contributed by atoms with Crippen LogP contribution in [0.3, 0.4) is 0 Å². The van der Waals surface area contributed by atoms with Gasteiger partial charge in [-0.2, -0.15) is 5.10 Å². The molecule has 0 aliphatic carbocycles. The lowest BCUT2D eigenvalue weighted by molar-refractivity contribution is 0.0136. The van der Waals surface area contributed by atoms with Gasteiger partial charge in [-0.1, -0.05) is 0 Å². The van der Waals surface area contributed by atoms with Crippen molar-refractivity contribution in [2.75, 3.05) is 13.6 Å². The Labute approximate surface area is 142 Å². The van der Waals surface area contributed by atoms with Gasteiger partial charge in [-0.3, -0.25) is 9.48 Å². The van der Waals surface area contributed by atoms with Gasteiger partial charge in [0.1, 0.15) is 11.3 Å². The predicted octanol–water partition coefficient (Wildman–Crippen LogP) is 2.04. The van der Waals surface area contributed by atoms with Crippen LogP contribution in [0.1, 0.15) is 55.9 Å². The highest BCUT2D eigenvalue weighted by atomic mass is 16.6. The van der Waals surface area contributed by atoms with E-state index in [1.54, 1.807) is 9.80 Å². The van der Waals surface area contributed by atoms with Crippen LogP contribution in [0, 0.1) is 0 Å². The molecule has 0 N–H and O–H groups in total. The number of ether oxygens (including phenoxy) is 1. The second kappa shape index (κ2) is 5.79. The van der Waals surface area contributed by atoms with Gasteiger partial charge in [-0.25, -0.2) is 4.79 Å². The molecule has 0 fully saturated rings. The summed E-state index contributed by atoms with van der Waals surface area (Å²) < 4.78 is 7.34. The highest BCUT2D eigenvalue weighted by Gasteiger charge is 2.36. The third-order valence-corrected chi connectivity index (χ3v) is 4.52. The van der Waals surface area contributed by atoms with Crippen LogP contribution in [0.15, 0.2) is 0 Å². The zero-order valence-corrected chi connectivity index (χ0v) is 15.1. The number of aryl methyl sites for hydroxylation is 1. The predicted molar refractivity (Wildman–Crippen MR) is 88.7 cm³/mol. The number of rotatable bonds is 0. The van der Waals surface area contributed by atoms with E-state index in [0.29, 0.717) is 18.7 Å². The summed E-state index contributed by atoms with van der Waals surface area (Å²) in [5.41, 5.74) is 1.90. The molecule has 0 radical (unpaired) electrons. The lowest BCUT2D eigenvalue weighted by atomic mass is 9.99. The van der Waals surface area contributed by atoms with Crippen molar-refractivity contribution in [2.45, 2.75) is 65.3 Å². The molecule has 1 atom stereocenters. The minimum absolute atomic E-state index is 0.000628. The van der Waals surface area contributed by atoms with E-state index in [1.165, 1.54) is 0 Å². The van der Waals surface area contributed by atoms with Gasteiger partial charge in [0.25, 0.3) is 5.91 Å². The Hall–Kier alpha value is -2.05. The van der Waals surface area contributed by atoms with Gasteiger partial charge in [0, 0.05) is 38.2 Å². The lowest BCUT2D eigenvalue weighted by Crippen LogP contribution is -2.45. The molecular formula is C17H26N4O3. The van der Waals surface area contributed by atoms with Crippen LogP contribution in [-0.4, -0.2) is 56.8 Å². The Kier molecular flexibility index (Phi) is 4.05. The monoisotopic (exact) mass is 334 g/mol. The van der Waals surface area contributed by atoms with E-state index in [1.807, 2.05) is 39.4 Å². The maximum atomic E-state index is 12.7. The summed E-state index contributed by atoms with van der Waals surface area (Å²) in [6.07, 6.45) is 1.20. The lowest BCUT2D eigenvalue weighted by Gasteiger charge is -2.34. The summed E-state index contributed by atoms with van der Waals surface area (Å²) in [6.45, 7) is 9.40. The van der Waals surface area contributed by atoms with Crippen LogP contribution >= 0.6 is 0 Å². The first-order chi connectivity index (χ1) is 11.2. The normalized spacial score (nSPS) is 21.2. The van der Waals surface area contributed by atoms with Crippen molar-refractivity contribution in [2.24, 2.45) is 0 Å². The molecule has 2 aliphatic heterocycles. The number of carbonyl (C=O) groups is 2. The number of carbonyl (C=O) groups excluding carboxylic acids is 2. The maximum absolute atomic E-state index is 12.7. The summed E-state index contributed by atoms with van der Waals surface area (Å²) >= 11 is 0. The Morgan fingerprint density at radius 3 is 2.67 bits per heavy atom. The SMILES string of the molecule is C[C@@H]1Cc2nn3c(c2CN1C(=O)OC(C)(C)C)C(=O)N(C)CCC3. The third kappa shape index (κ3) is 2.99. The minimum atomic E-state index is -0.539. The topological polar surface area (TPSA) is 67.7 Å². The minimum Gasteiger partial charge on any atom is -0.444 e. The fourth-order valence-corrected chi connectivity index (χ4v) is 3.30. The van der Waals surface area contributed by atoms with E-state index >= 15 is 0 Å². The van der Waals surface area contributed by atoms with E-state index in [9.17, 15) is 9.59 Å². The van der Waals surface area contributed by atoms with Gasteiger partial charge in [-0.15, -0.1) is 0 Å². The van der Waals surface area contributed by atoms with Gasteiger partial charge in [0.15, 0.2) is 0 Å². The second-order valence-electron chi connectivity index (χ2n) is 7.74. The number of aromatic nitrogens is 2. The van der Waals surface area contributed by atoms with Crippen LogP contribution in [-0.2, 0) is 24.2 Å². The van der Waals surface area contributed by atoms with Crippen LogP contribution in [0.25, 0.3) is 0 Å². The fraction of sp³-hybridized carbons (Fsp3) is 0.706. The maximum Gasteiger partial charge on any atom is 0.410 e. The van der Waals surface area contributed by atoms with Crippen molar-refractivity contribution < 1.29 is 14.3 Å². The zero-order valence-electron chi connectivity index (χ0n) is 15.1. The van der Waals surface area contributed by atoms with Gasteiger partial charge in [0.05, 0.1) is 12.2 Å².